The standard InChI is InChI=1S/C38H20Cl6O8/c39-25-15-27(41)33(29(31(25)43)35(45)49-17-19-9-11-21-5-1-3-7-23(21)13-19)51-37(47)38(48)52-34-28(42)16-26(40)32(44)30(34)36(46)50-18-20-10-12-22-6-2-4-8-24(22)14-20/h1-16H,17-18H2. The molecular formula is C38H20Cl6O8. The second kappa shape index (κ2) is 16.0. The van der Waals surface area contributed by atoms with Crippen LogP contribution in [-0.2, 0) is 32.3 Å². The lowest BCUT2D eigenvalue weighted by Gasteiger charge is -2.16. The van der Waals surface area contributed by atoms with Crippen molar-refractivity contribution >= 4 is 115 Å². The van der Waals surface area contributed by atoms with Gasteiger partial charge in [-0.05, 0) is 56.9 Å². The van der Waals surface area contributed by atoms with Gasteiger partial charge in [-0.3, -0.25) is 0 Å². The first-order valence-electron chi connectivity index (χ1n) is 15.0. The summed E-state index contributed by atoms with van der Waals surface area (Å²) in [5.74, 6) is -6.80. The molecule has 0 radical (unpaired) electrons. The minimum atomic E-state index is -1.69. The van der Waals surface area contributed by atoms with Crippen LogP contribution in [-0.4, -0.2) is 23.9 Å². The Bertz CT molecular complexity index is 2260. The van der Waals surface area contributed by atoms with Gasteiger partial charge < -0.3 is 18.9 Å². The van der Waals surface area contributed by atoms with Gasteiger partial charge in [-0.2, -0.15) is 0 Å². The van der Waals surface area contributed by atoms with Crippen molar-refractivity contribution in [3.8, 4) is 11.5 Å². The number of rotatable bonds is 8. The molecule has 0 N–H and O–H groups in total. The van der Waals surface area contributed by atoms with E-state index in [0.29, 0.717) is 11.1 Å². The number of ether oxygens (including phenoxy) is 4. The third-order valence-electron chi connectivity index (χ3n) is 7.59. The minimum absolute atomic E-state index is 0.166. The van der Waals surface area contributed by atoms with Gasteiger partial charge in [0.15, 0.2) is 11.5 Å². The second-order valence-corrected chi connectivity index (χ2v) is 13.4. The highest BCUT2D eigenvalue weighted by Crippen LogP contribution is 2.42. The summed E-state index contributed by atoms with van der Waals surface area (Å²) in [4.78, 5) is 52.8. The summed E-state index contributed by atoms with van der Waals surface area (Å²) in [5, 5.41) is 2.00. The van der Waals surface area contributed by atoms with Crippen molar-refractivity contribution in [1.82, 2.24) is 0 Å². The summed E-state index contributed by atoms with van der Waals surface area (Å²) >= 11 is 37.6. The number of carbonyl (C=O) groups excluding carboxylic acids is 4. The first-order chi connectivity index (χ1) is 24.9. The molecule has 0 spiro atoms. The topological polar surface area (TPSA) is 105 Å². The van der Waals surface area contributed by atoms with E-state index in [-0.39, 0.29) is 43.3 Å². The Morgan fingerprint density at radius 3 is 1.19 bits per heavy atom. The molecule has 0 fully saturated rings. The molecular weight excluding hydrogens is 797 g/mol. The Balaban J connectivity index is 1.20. The van der Waals surface area contributed by atoms with Crippen LogP contribution in [0.15, 0.2) is 97.1 Å². The highest BCUT2D eigenvalue weighted by atomic mass is 35.5. The van der Waals surface area contributed by atoms with Gasteiger partial charge in [0.05, 0.1) is 30.1 Å². The maximum atomic E-state index is 13.3. The second-order valence-electron chi connectivity index (χ2n) is 11.0. The Hall–Kier alpha value is -4.54. The van der Waals surface area contributed by atoms with Gasteiger partial charge >= 0.3 is 23.9 Å². The fourth-order valence-corrected chi connectivity index (χ4v) is 6.53. The number of carbonyl (C=O) groups is 4. The van der Waals surface area contributed by atoms with Gasteiger partial charge in [0.2, 0.25) is 0 Å². The lowest BCUT2D eigenvalue weighted by atomic mass is 10.1. The molecule has 0 saturated carbocycles. The molecule has 8 nitrogen and oxygen atoms in total. The predicted octanol–water partition coefficient (Wildman–Crippen LogP) is 11.1. The average molecular weight is 817 g/mol. The van der Waals surface area contributed by atoms with Crippen molar-refractivity contribution in [1.29, 1.82) is 0 Å². The smallest absolute Gasteiger partial charge is 0.423 e. The predicted molar refractivity (Wildman–Crippen MR) is 200 cm³/mol. The number of halogens is 6. The zero-order chi connectivity index (χ0) is 37.1. The molecule has 6 aromatic rings. The molecule has 262 valence electrons. The van der Waals surface area contributed by atoms with Crippen molar-refractivity contribution in [2.45, 2.75) is 13.2 Å². The summed E-state index contributed by atoms with van der Waals surface area (Å²) in [6.45, 7) is -0.399. The summed E-state index contributed by atoms with van der Waals surface area (Å²) in [6, 6.07) is 28.3. The van der Waals surface area contributed by atoms with Crippen molar-refractivity contribution < 1.29 is 38.1 Å². The maximum Gasteiger partial charge on any atom is 0.423 e. The van der Waals surface area contributed by atoms with E-state index >= 15 is 0 Å². The first-order valence-corrected chi connectivity index (χ1v) is 17.3. The quantitative estimate of drug-likeness (QED) is 0.0647. The number of esters is 4. The van der Waals surface area contributed by atoms with Crippen LogP contribution in [0.2, 0.25) is 30.1 Å². The Labute approximate surface area is 325 Å². The van der Waals surface area contributed by atoms with Gasteiger partial charge in [0.1, 0.15) is 24.3 Å². The molecule has 0 atom stereocenters. The highest BCUT2D eigenvalue weighted by molar-refractivity contribution is 6.47. The summed E-state index contributed by atoms with van der Waals surface area (Å²) in [7, 11) is 0. The van der Waals surface area contributed by atoms with E-state index < -0.39 is 46.5 Å². The third kappa shape index (κ3) is 8.08. The highest BCUT2D eigenvalue weighted by Gasteiger charge is 2.32. The van der Waals surface area contributed by atoms with Gasteiger partial charge in [-0.15, -0.1) is 0 Å². The zero-order valence-corrected chi connectivity index (χ0v) is 30.7. The normalized spacial score (nSPS) is 11.0. The number of benzene rings is 6. The molecule has 6 rings (SSSR count). The first kappa shape index (κ1) is 37.2. The third-order valence-corrected chi connectivity index (χ3v) is 9.72. The van der Waals surface area contributed by atoms with Gasteiger partial charge in [-0.25, -0.2) is 19.2 Å². The van der Waals surface area contributed by atoms with Crippen LogP contribution in [0.4, 0.5) is 0 Å². The van der Waals surface area contributed by atoms with Crippen LogP contribution in [0.1, 0.15) is 31.8 Å². The number of hydrogen-bond donors (Lipinski definition) is 0. The zero-order valence-electron chi connectivity index (χ0n) is 26.2. The molecule has 0 aliphatic carbocycles. The lowest BCUT2D eigenvalue weighted by molar-refractivity contribution is -0.156. The Morgan fingerprint density at radius 1 is 0.442 bits per heavy atom. The molecule has 0 saturated heterocycles. The molecule has 14 heteroatoms. The Kier molecular flexibility index (Phi) is 11.5. The molecule has 0 aromatic heterocycles. The van der Waals surface area contributed by atoms with E-state index in [1.165, 1.54) is 0 Å². The van der Waals surface area contributed by atoms with Gasteiger partial charge in [-0.1, -0.05) is 142 Å². The van der Waals surface area contributed by atoms with Crippen molar-refractivity contribution in [2.75, 3.05) is 0 Å². The molecule has 0 aliphatic rings. The van der Waals surface area contributed by atoms with Crippen molar-refractivity contribution in [3.63, 3.8) is 0 Å². The maximum absolute atomic E-state index is 13.3. The summed E-state index contributed by atoms with van der Waals surface area (Å²) in [6.07, 6.45) is 0. The molecule has 6 aromatic carbocycles. The van der Waals surface area contributed by atoms with Crippen LogP contribution in [0.3, 0.4) is 0 Å². The number of hydrogen-bond acceptors (Lipinski definition) is 8. The fraction of sp³-hybridized carbons (Fsp3) is 0.0526. The minimum Gasteiger partial charge on any atom is -0.457 e. The van der Waals surface area contributed by atoms with E-state index in [1.807, 2.05) is 72.8 Å². The molecule has 0 aliphatic heterocycles. The van der Waals surface area contributed by atoms with Crippen LogP contribution in [0.25, 0.3) is 21.5 Å². The summed E-state index contributed by atoms with van der Waals surface area (Å²) < 4.78 is 21.3. The largest absolute Gasteiger partial charge is 0.457 e. The fourth-order valence-electron chi connectivity index (χ4n) is 5.09. The van der Waals surface area contributed by atoms with E-state index in [1.54, 1.807) is 12.1 Å². The van der Waals surface area contributed by atoms with Crippen LogP contribution in [0, 0.1) is 0 Å². The average Bonchev–Trinajstić information content (AvgIpc) is 3.13. The van der Waals surface area contributed by atoms with Crippen LogP contribution < -0.4 is 9.47 Å². The van der Waals surface area contributed by atoms with Gasteiger partial charge in [0, 0.05) is 0 Å². The van der Waals surface area contributed by atoms with E-state index in [4.69, 9.17) is 88.6 Å². The molecule has 0 unspecified atom stereocenters. The lowest BCUT2D eigenvalue weighted by Crippen LogP contribution is -2.27. The number of fused-ring (bicyclic) bond motifs is 2. The monoisotopic (exact) mass is 814 g/mol. The van der Waals surface area contributed by atoms with E-state index in [0.717, 1.165) is 33.7 Å². The van der Waals surface area contributed by atoms with Crippen LogP contribution >= 0.6 is 69.6 Å². The molecule has 0 amide bonds. The molecule has 0 bridgehead atoms. The van der Waals surface area contributed by atoms with Crippen molar-refractivity contribution in [2.24, 2.45) is 0 Å². The Morgan fingerprint density at radius 2 is 0.808 bits per heavy atom. The molecule has 0 heterocycles. The van der Waals surface area contributed by atoms with E-state index in [2.05, 4.69) is 0 Å². The van der Waals surface area contributed by atoms with Crippen molar-refractivity contribution in [3.05, 3.63) is 149 Å². The van der Waals surface area contributed by atoms with E-state index in [9.17, 15) is 19.2 Å². The van der Waals surface area contributed by atoms with Crippen LogP contribution in [0.5, 0.6) is 11.5 Å². The SMILES string of the molecule is O=C(Oc1c(Cl)cc(Cl)c(Cl)c1C(=O)OCc1ccc2ccccc2c1)C(=O)Oc1c(Cl)cc(Cl)c(Cl)c1C(=O)OCc1ccc2ccccc2c1. The molecule has 52 heavy (non-hydrogen) atoms. The van der Waals surface area contributed by atoms with Gasteiger partial charge in [0.25, 0.3) is 0 Å². The summed E-state index contributed by atoms with van der Waals surface area (Å²) in [5.41, 5.74) is 0.213.